The molecule has 0 aliphatic rings. The van der Waals surface area contributed by atoms with Gasteiger partial charge in [0.1, 0.15) is 4.90 Å². The first-order valence-electron chi connectivity index (χ1n) is 4.77. The fraction of sp³-hybridized carbons (Fsp3) is 0.333. The lowest BCUT2D eigenvalue weighted by molar-refractivity contribution is -0.120. The summed E-state index contributed by atoms with van der Waals surface area (Å²) in [7, 11) is -2.24. The quantitative estimate of drug-likeness (QED) is 0.802. The Bertz CT molecular complexity index is 504. The Morgan fingerprint density at radius 2 is 2.24 bits per heavy atom. The molecule has 1 aromatic heterocycles. The number of carbonyl (C=O) groups is 1. The Kier molecular flexibility index (Phi) is 4.86. The number of carbonyl (C=O) groups excluding carboxylic acids is 1. The van der Waals surface area contributed by atoms with Crippen molar-refractivity contribution >= 4 is 27.5 Å². The van der Waals surface area contributed by atoms with E-state index in [1.54, 1.807) is 0 Å². The Labute approximate surface area is 104 Å². The number of halogens is 1. The third kappa shape index (κ3) is 3.95. The second-order valence-electron chi connectivity index (χ2n) is 3.13. The largest absolute Gasteiger partial charge is 0.359 e. The average molecular weight is 278 g/mol. The van der Waals surface area contributed by atoms with Gasteiger partial charge in [-0.15, -0.1) is 0 Å². The van der Waals surface area contributed by atoms with Gasteiger partial charge >= 0.3 is 0 Å². The lowest BCUT2D eigenvalue weighted by Crippen LogP contribution is -2.29. The van der Waals surface area contributed by atoms with Crippen molar-refractivity contribution in [3.05, 3.63) is 23.5 Å². The molecular weight excluding hydrogens is 266 g/mol. The molecule has 0 spiro atoms. The van der Waals surface area contributed by atoms with Crippen molar-refractivity contribution in [2.45, 2.75) is 11.3 Å². The van der Waals surface area contributed by atoms with Gasteiger partial charge in [0.2, 0.25) is 15.9 Å². The summed E-state index contributed by atoms with van der Waals surface area (Å²) < 4.78 is 25.8. The number of amides is 1. The number of hydrogen-bond donors (Lipinski definition) is 2. The number of rotatable bonds is 5. The number of sulfonamides is 1. The highest BCUT2D eigenvalue weighted by Gasteiger charge is 2.17. The first-order valence-corrected chi connectivity index (χ1v) is 6.63. The predicted molar refractivity (Wildman–Crippen MR) is 63.1 cm³/mol. The molecule has 17 heavy (non-hydrogen) atoms. The van der Waals surface area contributed by atoms with Crippen molar-refractivity contribution in [3.8, 4) is 0 Å². The Morgan fingerprint density at radius 1 is 1.53 bits per heavy atom. The first-order chi connectivity index (χ1) is 7.97. The molecule has 94 valence electrons. The van der Waals surface area contributed by atoms with E-state index in [1.807, 2.05) is 0 Å². The number of nitrogens with zero attached hydrogens (tertiary/aromatic N) is 1. The van der Waals surface area contributed by atoms with Gasteiger partial charge in [-0.05, 0) is 6.07 Å². The predicted octanol–water partition coefficient (Wildman–Crippen LogP) is 0.149. The molecule has 1 rings (SSSR count). The molecule has 8 heteroatoms. The Balaban J connectivity index is 2.70. The van der Waals surface area contributed by atoms with E-state index in [1.165, 1.54) is 19.3 Å². The summed E-state index contributed by atoms with van der Waals surface area (Å²) in [5, 5.41) is 2.48. The highest BCUT2D eigenvalue weighted by Crippen LogP contribution is 2.18. The molecule has 0 bridgehead atoms. The van der Waals surface area contributed by atoms with Crippen LogP contribution in [0.3, 0.4) is 0 Å². The second-order valence-corrected chi connectivity index (χ2v) is 5.27. The van der Waals surface area contributed by atoms with Crippen LogP contribution in [0.1, 0.15) is 6.42 Å². The normalized spacial score (nSPS) is 11.2. The molecule has 2 N–H and O–H groups in total. The minimum Gasteiger partial charge on any atom is -0.359 e. The minimum atomic E-state index is -3.72. The summed E-state index contributed by atoms with van der Waals surface area (Å²) >= 11 is 5.74. The van der Waals surface area contributed by atoms with Gasteiger partial charge in [-0.3, -0.25) is 9.78 Å². The van der Waals surface area contributed by atoms with Gasteiger partial charge < -0.3 is 5.32 Å². The first kappa shape index (κ1) is 13.9. The van der Waals surface area contributed by atoms with Crippen molar-refractivity contribution < 1.29 is 13.2 Å². The average Bonchev–Trinajstić information content (AvgIpc) is 2.28. The molecule has 0 radical (unpaired) electrons. The molecule has 0 aliphatic heterocycles. The lowest BCUT2D eigenvalue weighted by Gasteiger charge is -2.07. The van der Waals surface area contributed by atoms with Crippen LogP contribution in [-0.2, 0) is 14.8 Å². The maximum absolute atomic E-state index is 11.8. The lowest BCUT2D eigenvalue weighted by atomic mass is 10.4. The van der Waals surface area contributed by atoms with Crippen LogP contribution in [0, 0.1) is 0 Å². The van der Waals surface area contributed by atoms with E-state index < -0.39 is 10.0 Å². The van der Waals surface area contributed by atoms with E-state index in [4.69, 9.17) is 11.6 Å². The number of nitrogens with one attached hydrogen (secondary N) is 2. The topological polar surface area (TPSA) is 88.2 Å². The van der Waals surface area contributed by atoms with Crippen molar-refractivity contribution in [1.29, 1.82) is 0 Å². The highest BCUT2D eigenvalue weighted by atomic mass is 35.5. The zero-order valence-electron chi connectivity index (χ0n) is 9.10. The van der Waals surface area contributed by atoms with Crippen molar-refractivity contribution in [1.82, 2.24) is 15.0 Å². The van der Waals surface area contributed by atoms with Crippen LogP contribution in [0.25, 0.3) is 0 Å². The van der Waals surface area contributed by atoms with Crippen LogP contribution < -0.4 is 10.0 Å². The third-order valence-electron chi connectivity index (χ3n) is 1.95. The van der Waals surface area contributed by atoms with Gasteiger partial charge in [-0.25, -0.2) is 13.1 Å². The highest BCUT2D eigenvalue weighted by molar-refractivity contribution is 7.89. The SMILES string of the molecule is CNC(=O)CCNS(=O)(=O)c1cnccc1Cl. The summed E-state index contributed by atoms with van der Waals surface area (Å²) in [6.07, 6.45) is 2.62. The van der Waals surface area contributed by atoms with Gasteiger partial charge in [0, 0.05) is 32.4 Å². The molecule has 0 aliphatic carbocycles. The van der Waals surface area contributed by atoms with Crippen LogP contribution in [0.4, 0.5) is 0 Å². The molecule has 0 atom stereocenters. The number of pyridine rings is 1. The molecular formula is C9H12ClN3O3S. The Morgan fingerprint density at radius 3 is 2.82 bits per heavy atom. The number of aromatic nitrogens is 1. The molecule has 0 saturated heterocycles. The monoisotopic (exact) mass is 277 g/mol. The second kappa shape index (κ2) is 5.95. The summed E-state index contributed by atoms with van der Waals surface area (Å²) in [6, 6.07) is 1.38. The van der Waals surface area contributed by atoms with Crippen LogP contribution in [-0.4, -0.2) is 32.9 Å². The van der Waals surface area contributed by atoms with E-state index in [0.717, 1.165) is 6.20 Å². The molecule has 0 aromatic carbocycles. The minimum absolute atomic E-state index is 0.00717. The molecule has 0 fully saturated rings. The maximum atomic E-state index is 11.8. The van der Waals surface area contributed by atoms with Gasteiger partial charge in [0.05, 0.1) is 5.02 Å². The van der Waals surface area contributed by atoms with Crippen LogP contribution >= 0.6 is 11.6 Å². The smallest absolute Gasteiger partial charge is 0.243 e. The van der Waals surface area contributed by atoms with Crippen LogP contribution in [0.2, 0.25) is 5.02 Å². The fourth-order valence-electron chi connectivity index (χ4n) is 1.06. The van der Waals surface area contributed by atoms with E-state index in [0.29, 0.717) is 0 Å². The van der Waals surface area contributed by atoms with E-state index in [9.17, 15) is 13.2 Å². The Hall–Kier alpha value is -1.18. The van der Waals surface area contributed by atoms with E-state index in [2.05, 4.69) is 15.0 Å². The van der Waals surface area contributed by atoms with E-state index >= 15 is 0 Å². The summed E-state index contributed by atoms with van der Waals surface area (Å²) in [6.45, 7) is 0.00717. The van der Waals surface area contributed by atoms with Gasteiger partial charge in [-0.1, -0.05) is 11.6 Å². The van der Waals surface area contributed by atoms with Crippen molar-refractivity contribution in [3.63, 3.8) is 0 Å². The molecule has 0 saturated carbocycles. The van der Waals surface area contributed by atoms with Crippen molar-refractivity contribution in [2.24, 2.45) is 0 Å². The van der Waals surface area contributed by atoms with Crippen LogP contribution in [0.5, 0.6) is 0 Å². The van der Waals surface area contributed by atoms with Crippen molar-refractivity contribution in [2.75, 3.05) is 13.6 Å². The number of hydrogen-bond acceptors (Lipinski definition) is 4. The molecule has 1 aromatic rings. The summed E-state index contributed by atoms with van der Waals surface area (Å²) in [4.78, 5) is 14.5. The van der Waals surface area contributed by atoms with Crippen LogP contribution in [0.15, 0.2) is 23.4 Å². The van der Waals surface area contributed by atoms with E-state index in [-0.39, 0.29) is 28.8 Å². The summed E-state index contributed by atoms with van der Waals surface area (Å²) in [5.74, 6) is -0.245. The zero-order valence-corrected chi connectivity index (χ0v) is 10.7. The molecule has 1 amide bonds. The maximum Gasteiger partial charge on any atom is 0.243 e. The summed E-state index contributed by atoms with van der Waals surface area (Å²) in [5.41, 5.74) is 0. The molecule has 6 nitrogen and oxygen atoms in total. The van der Waals surface area contributed by atoms with Gasteiger partial charge in [0.15, 0.2) is 0 Å². The fourth-order valence-corrected chi connectivity index (χ4v) is 2.52. The van der Waals surface area contributed by atoms with Gasteiger partial charge in [-0.2, -0.15) is 0 Å². The molecule has 0 unspecified atom stereocenters. The van der Waals surface area contributed by atoms with Gasteiger partial charge in [0.25, 0.3) is 0 Å². The molecule has 1 heterocycles. The zero-order chi connectivity index (χ0) is 12.9. The third-order valence-corrected chi connectivity index (χ3v) is 3.88. The standard InChI is InChI=1S/C9H12ClN3O3S/c1-11-9(14)3-5-13-17(15,16)8-6-12-4-2-7(8)10/h2,4,6,13H,3,5H2,1H3,(H,11,14).